The van der Waals surface area contributed by atoms with Gasteiger partial charge in [0.2, 0.25) is 5.91 Å². The van der Waals surface area contributed by atoms with Gasteiger partial charge in [0.1, 0.15) is 0 Å². The van der Waals surface area contributed by atoms with Gasteiger partial charge in [0.15, 0.2) is 0 Å². The fraction of sp³-hybridized carbons (Fsp3) is 0.417. The van der Waals surface area contributed by atoms with E-state index in [2.05, 4.69) is 17.6 Å². The Balaban J connectivity index is 2.26. The van der Waals surface area contributed by atoms with Crippen molar-refractivity contribution < 1.29 is 4.79 Å². The van der Waals surface area contributed by atoms with Crippen LogP contribution in [0.5, 0.6) is 0 Å². The number of fused-ring (bicyclic) bond motifs is 1. The van der Waals surface area contributed by atoms with Crippen molar-refractivity contribution in [3.63, 3.8) is 0 Å². The lowest BCUT2D eigenvalue weighted by Crippen LogP contribution is -2.33. The molecule has 0 aliphatic carbocycles. The summed E-state index contributed by atoms with van der Waals surface area (Å²) in [5.41, 5.74) is 4.61. The van der Waals surface area contributed by atoms with Gasteiger partial charge in [-0.05, 0) is 42.7 Å². The highest BCUT2D eigenvalue weighted by Crippen LogP contribution is 2.32. The molecule has 86 valence electrons. The molecule has 2 rings (SSSR count). The largest absolute Gasteiger partial charge is 0.294 e. The number of hydrazine groups is 1. The Morgan fingerprint density at radius 2 is 2.38 bits per heavy atom. The van der Waals surface area contributed by atoms with Crippen LogP contribution in [-0.2, 0) is 11.2 Å². The first-order valence-corrected chi connectivity index (χ1v) is 6.47. The van der Waals surface area contributed by atoms with Crippen LogP contribution in [0.4, 0.5) is 0 Å². The minimum atomic E-state index is -0.178. The van der Waals surface area contributed by atoms with Gasteiger partial charge in [-0.15, -0.1) is 11.8 Å². The number of amides is 1. The maximum atomic E-state index is 11.4. The molecule has 1 aliphatic rings. The van der Waals surface area contributed by atoms with Gasteiger partial charge in [-0.3, -0.25) is 10.2 Å². The number of carbonyl (C=O) groups excluding carboxylic acids is 1. The fourth-order valence-corrected chi connectivity index (χ4v) is 2.95. The lowest BCUT2D eigenvalue weighted by atomic mass is 9.97. The van der Waals surface area contributed by atoms with E-state index in [1.165, 1.54) is 22.6 Å². The molecule has 0 saturated carbocycles. The Kier molecular flexibility index (Phi) is 3.51. The zero-order valence-corrected chi connectivity index (χ0v) is 10.1. The maximum Gasteiger partial charge on any atom is 0.241 e. The van der Waals surface area contributed by atoms with Gasteiger partial charge in [0.25, 0.3) is 0 Å². The summed E-state index contributed by atoms with van der Waals surface area (Å²) in [5, 5.41) is 0. The standard InChI is InChI=1S/C12H16N2OS/c1-8(12(15)14-13)9-4-5-11-10(7-9)3-2-6-16-11/h4-5,7-8H,2-3,6,13H2,1H3,(H,14,15). The van der Waals surface area contributed by atoms with Crippen LogP contribution >= 0.6 is 11.8 Å². The number of aryl methyl sites for hydroxylation is 1. The van der Waals surface area contributed by atoms with Crippen molar-refractivity contribution in [1.82, 2.24) is 5.43 Å². The van der Waals surface area contributed by atoms with E-state index in [1.54, 1.807) is 0 Å². The third kappa shape index (κ3) is 2.23. The molecule has 0 fully saturated rings. The lowest BCUT2D eigenvalue weighted by molar-refractivity contribution is -0.122. The molecule has 0 saturated heterocycles. The molecule has 0 radical (unpaired) electrons. The van der Waals surface area contributed by atoms with Crippen molar-refractivity contribution in [3.8, 4) is 0 Å². The molecular weight excluding hydrogens is 220 g/mol. The molecule has 1 heterocycles. The summed E-state index contributed by atoms with van der Waals surface area (Å²) < 4.78 is 0. The molecule has 1 aromatic rings. The van der Waals surface area contributed by atoms with Crippen LogP contribution < -0.4 is 11.3 Å². The van der Waals surface area contributed by atoms with Crippen molar-refractivity contribution in [2.45, 2.75) is 30.6 Å². The first-order chi connectivity index (χ1) is 7.72. The second-order valence-corrected chi connectivity index (χ2v) is 5.19. The van der Waals surface area contributed by atoms with Gasteiger partial charge >= 0.3 is 0 Å². The van der Waals surface area contributed by atoms with Crippen LogP contribution in [0.1, 0.15) is 30.4 Å². The molecule has 0 spiro atoms. The van der Waals surface area contributed by atoms with E-state index in [9.17, 15) is 4.79 Å². The lowest BCUT2D eigenvalue weighted by Gasteiger charge is -2.18. The van der Waals surface area contributed by atoms with Gasteiger partial charge in [-0.1, -0.05) is 12.1 Å². The van der Waals surface area contributed by atoms with Gasteiger partial charge in [0.05, 0.1) is 5.92 Å². The molecule has 1 unspecified atom stereocenters. The summed E-state index contributed by atoms with van der Waals surface area (Å²) in [7, 11) is 0. The van der Waals surface area contributed by atoms with E-state index in [-0.39, 0.29) is 11.8 Å². The van der Waals surface area contributed by atoms with Crippen molar-refractivity contribution in [1.29, 1.82) is 0 Å². The highest BCUT2D eigenvalue weighted by atomic mass is 32.2. The number of hydrogen-bond donors (Lipinski definition) is 2. The van der Waals surface area contributed by atoms with E-state index < -0.39 is 0 Å². The summed E-state index contributed by atoms with van der Waals surface area (Å²) in [6.45, 7) is 1.87. The Labute approximate surface area is 99.8 Å². The van der Waals surface area contributed by atoms with E-state index >= 15 is 0 Å². The second-order valence-electron chi connectivity index (χ2n) is 4.05. The SMILES string of the molecule is CC(C(=O)NN)c1ccc2c(c1)CCCS2. The number of rotatable bonds is 2. The first-order valence-electron chi connectivity index (χ1n) is 5.48. The third-order valence-corrected chi connectivity index (χ3v) is 4.17. The average Bonchev–Trinajstić information content (AvgIpc) is 2.36. The number of nitrogens with two attached hydrogens (primary N) is 1. The van der Waals surface area contributed by atoms with E-state index in [1.807, 2.05) is 24.8 Å². The summed E-state index contributed by atoms with van der Waals surface area (Å²) in [6, 6.07) is 6.28. The van der Waals surface area contributed by atoms with Crippen LogP contribution in [0.15, 0.2) is 23.1 Å². The molecule has 1 atom stereocenters. The highest BCUT2D eigenvalue weighted by molar-refractivity contribution is 7.99. The van der Waals surface area contributed by atoms with Gasteiger partial charge in [0, 0.05) is 4.90 Å². The van der Waals surface area contributed by atoms with Crippen molar-refractivity contribution >= 4 is 17.7 Å². The average molecular weight is 236 g/mol. The predicted molar refractivity (Wildman–Crippen MR) is 66.2 cm³/mol. The molecule has 4 heteroatoms. The normalized spacial score (nSPS) is 16.4. The molecule has 3 N–H and O–H groups in total. The van der Waals surface area contributed by atoms with Gasteiger partial charge < -0.3 is 0 Å². The third-order valence-electron chi connectivity index (χ3n) is 2.97. The van der Waals surface area contributed by atoms with Crippen LogP contribution in [0, 0.1) is 0 Å². The molecule has 0 aromatic heterocycles. The number of benzene rings is 1. The molecular formula is C12H16N2OS. The summed E-state index contributed by atoms with van der Waals surface area (Å²) in [6.07, 6.45) is 2.34. The Morgan fingerprint density at radius 3 is 3.12 bits per heavy atom. The zero-order valence-electron chi connectivity index (χ0n) is 9.32. The molecule has 16 heavy (non-hydrogen) atoms. The maximum absolute atomic E-state index is 11.4. The van der Waals surface area contributed by atoms with Gasteiger partial charge in [-0.25, -0.2) is 5.84 Å². The number of carbonyl (C=O) groups is 1. The quantitative estimate of drug-likeness (QED) is 0.468. The molecule has 1 amide bonds. The highest BCUT2D eigenvalue weighted by Gasteiger charge is 2.16. The fourth-order valence-electron chi connectivity index (χ4n) is 1.93. The second kappa shape index (κ2) is 4.89. The van der Waals surface area contributed by atoms with E-state index in [0.717, 1.165) is 12.0 Å². The van der Waals surface area contributed by atoms with Crippen molar-refractivity contribution in [2.24, 2.45) is 5.84 Å². The van der Waals surface area contributed by atoms with Crippen LogP contribution in [0.25, 0.3) is 0 Å². The summed E-state index contributed by atoms with van der Waals surface area (Å²) in [4.78, 5) is 12.8. The number of hydrogen-bond acceptors (Lipinski definition) is 3. The number of nitrogens with one attached hydrogen (secondary N) is 1. The number of thioether (sulfide) groups is 1. The first kappa shape index (κ1) is 11.5. The predicted octanol–water partition coefficient (Wildman–Crippen LogP) is 1.82. The van der Waals surface area contributed by atoms with E-state index in [0.29, 0.717) is 0 Å². The topological polar surface area (TPSA) is 55.1 Å². The Bertz CT molecular complexity index is 406. The van der Waals surface area contributed by atoms with Crippen molar-refractivity contribution in [2.75, 3.05) is 5.75 Å². The van der Waals surface area contributed by atoms with E-state index in [4.69, 9.17) is 5.84 Å². The molecule has 1 aromatic carbocycles. The summed E-state index contributed by atoms with van der Waals surface area (Å²) >= 11 is 1.90. The zero-order chi connectivity index (χ0) is 11.5. The molecule has 0 bridgehead atoms. The monoisotopic (exact) mass is 236 g/mol. The molecule has 1 aliphatic heterocycles. The van der Waals surface area contributed by atoms with Crippen LogP contribution in [0.2, 0.25) is 0 Å². The van der Waals surface area contributed by atoms with Gasteiger partial charge in [-0.2, -0.15) is 0 Å². The van der Waals surface area contributed by atoms with Crippen LogP contribution in [-0.4, -0.2) is 11.7 Å². The molecule has 3 nitrogen and oxygen atoms in total. The minimum Gasteiger partial charge on any atom is -0.294 e. The Morgan fingerprint density at radius 1 is 1.56 bits per heavy atom. The minimum absolute atomic E-state index is 0.136. The van der Waals surface area contributed by atoms with Crippen LogP contribution in [0.3, 0.4) is 0 Å². The summed E-state index contributed by atoms with van der Waals surface area (Å²) in [5.74, 6) is 6.03. The Hall–Kier alpha value is -1.00. The van der Waals surface area contributed by atoms with Crippen molar-refractivity contribution in [3.05, 3.63) is 29.3 Å². The smallest absolute Gasteiger partial charge is 0.241 e.